The quantitative estimate of drug-likeness (QED) is 0.760. The van der Waals surface area contributed by atoms with Crippen LogP contribution in [0.3, 0.4) is 0 Å². The van der Waals surface area contributed by atoms with E-state index in [1.54, 1.807) is 0 Å². The summed E-state index contributed by atoms with van der Waals surface area (Å²) >= 11 is 0. The highest BCUT2D eigenvalue weighted by Crippen LogP contribution is 2.63. The smallest absolute Gasteiger partial charge is 0.00375 e. The molecule has 0 unspecified atom stereocenters. The van der Waals surface area contributed by atoms with E-state index in [0.29, 0.717) is 17.3 Å². The summed E-state index contributed by atoms with van der Waals surface area (Å²) in [4.78, 5) is 0. The number of hydrogen-bond donors (Lipinski definition) is 1. The highest BCUT2D eigenvalue weighted by Gasteiger charge is 2.56. The first-order valence-electron chi connectivity index (χ1n) is 5.34. The van der Waals surface area contributed by atoms with Gasteiger partial charge >= 0.3 is 0 Å². The van der Waals surface area contributed by atoms with Crippen molar-refractivity contribution in [3.63, 3.8) is 0 Å². The molecule has 76 valence electrons. The number of aryl methyl sites for hydroxylation is 1. The van der Waals surface area contributed by atoms with Gasteiger partial charge in [-0.15, -0.1) is 0 Å². The zero-order valence-corrected chi connectivity index (χ0v) is 9.25. The summed E-state index contributed by atoms with van der Waals surface area (Å²) in [5, 5.41) is 0. The third kappa shape index (κ3) is 1.36. The van der Waals surface area contributed by atoms with Gasteiger partial charge in [0.2, 0.25) is 0 Å². The second-order valence-electron chi connectivity index (χ2n) is 5.05. The van der Waals surface area contributed by atoms with Crippen molar-refractivity contribution in [3.8, 4) is 0 Å². The van der Waals surface area contributed by atoms with E-state index >= 15 is 0 Å². The fraction of sp³-hybridized carbons (Fsp3) is 0.538. The summed E-state index contributed by atoms with van der Waals surface area (Å²) in [5.74, 6) is 1.35. The van der Waals surface area contributed by atoms with Crippen molar-refractivity contribution < 1.29 is 0 Å². The third-order valence-electron chi connectivity index (χ3n) is 3.74. The molecule has 1 fully saturated rings. The van der Waals surface area contributed by atoms with Crippen molar-refractivity contribution in [1.29, 1.82) is 0 Å². The predicted molar refractivity (Wildman–Crippen MR) is 60.2 cm³/mol. The summed E-state index contributed by atoms with van der Waals surface area (Å²) in [6.07, 6.45) is 0. The zero-order chi connectivity index (χ0) is 10.3. The molecule has 1 aliphatic rings. The minimum atomic E-state index is 0.407. The summed E-state index contributed by atoms with van der Waals surface area (Å²) in [6.45, 7) is 7.57. The summed E-state index contributed by atoms with van der Waals surface area (Å²) in [5.41, 5.74) is 8.96. The van der Waals surface area contributed by atoms with Crippen molar-refractivity contribution in [1.82, 2.24) is 0 Å². The SMILES string of the molecule is Cc1ccc([C@@H]2[C@@H](CN)C2(C)C)cc1. The molecule has 1 aromatic rings. The summed E-state index contributed by atoms with van der Waals surface area (Å²) in [7, 11) is 0. The average molecular weight is 189 g/mol. The molecule has 0 spiro atoms. The van der Waals surface area contributed by atoms with Crippen LogP contribution in [0.25, 0.3) is 0 Å². The molecule has 1 aromatic carbocycles. The van der Waals surface area contributed by atoms with Crippen LogP contribution in [0.4, 0.5) is 0 Å². The van der Waals surface area contributed by atoms with E-state index in [0.717, 1.165) is 6.54 Å². The van der Waals surface area contributed by atoms with Gasteiger partial charge in [-0.2, -0.15) is 0 Å². The monoisotopic (exact) mass is 189 g/mol. The minimum absolute atomic E-state index is 0.407. The van der Waals surface area contributed by atoms with Crippen LogP contribution in [-0.2, 0) is 0 Å². The molecule has 14 heavy (non-hydrogen) atoms. The second-order valence-corrected chi connectivity index (χ2v) is 5.05. The molecule has 1 nitrogen and oxygen atoms in total. The highest BCUT2D eigenvalue weighted by atomic mass is 14.7. The molecule has 1 aliphatic carbocycles. The van der Waals surface area contributed by atoms with Crippen LogP contribution in [0.2, 0.25) is 0 Å². The average Bonchev–Trinajstić information content (AvgIpc) is 2.69. The molecule has 2 N–H and O–H groups in total. The van der Waals surface area contributed by atoms with E-state index in [-0.39, 0.29) is 0 Å². The molecule has 0 radical (unpaired) electrons. The van der Waals surface area contributed by atoms with E-state index in [9.17, 15) is 0 Å². The van der Waals surface area contributed by atoms with Crippen LogP contribution < -0.4 is 5.73 Å². The maximum Gasteiger partial charge on any atom is -0.00375 e. The van der Waals surface area contributed by atoms with E-state index in [1.807, 2.05) is 0 Å². The third-order valence-corrected chi connectivity index (χ3v) is 3.74. The Bertz CT molecular complexity index is 324. The topological polar surface area (TPSA) is 26.0 Å². The number of benzene rings is 1. The Kier molecular flexibility index (Phi) is 2.15. The lowest BCUT2D eigenvalue weighted by atomic mass is 10.0. The first-order valence-corrected chi connectivity index (χ1v) is 5.34. The van der Waals surface area contributed by atoms with Gasteiger partial charge in [-0.25, -0.2) is 0 Å². The maximum absolute atomic E-state index is 5.77. The molecular weight excluding hydrogens is 170 g/mol. The van der Waals surface area contributed by atoms with Gasteiger partial charge in [0.15, 0.2) is 0 Å². The first kappa shape index (κ1) is 9.72. The molecule has 2 rings (SSSR count). The molecule has 0 bridgehead atoms. The number of nitrogens with two attached hydrogens (primary N) is 1. The molecule has 1 heteroatoms. The first-order chi connectivity index (χ1) is 6.57. The second kappa shape index (κ2) is 3.09. The maximum atomic E-state index is 5.77. The Labute approximate surface area is 86.3 Å². The molecule has 0 saturated heterocycles. The molecule has 0 heterocycles. The van der Waals surface area contributed by atoms with Crippen LogP contribution in [0.15, 0.2) is 24.3 Å². The fourth-order valence-corrected chi connectivity index (χ4v) is 2.62. The van der Waals surface area contributed by atoms with Gasteiger partial charge < -0.3 is 5.73 Å². The van der Waals surface area contributed by atoms with Crippen LogP contribution >= 0.6 is 0 Å². The lowest BCUT2D eigenvalue weighted by Crippen LogP contribution is -2.05. The predicted octanol–water partition coefficient (Wildman–Crippen LogP) is 2.69. The molecule has 0 aromatic heterocycles. The van der Waals surface area contributed by atoms with Gasteiger partial charge in [-0.05, 0) is 36.3 Å². The van der Waals surface area contributed by atoms with Crippen molar-refractivity contribution in [2.24, 2.45) is 17.1 Å². The van der Waals surface area contributed by atoms with E-state index in [4.69, 9.17) is 5.73 Å². The molecular formula is C13H19N. The van der Waals surface area contributed by atoms with Crippen LogP contribution in [0.1, 0.15) is 30.9 Å². The standard InChI is InChI=1S/C13H19N/c1-9-4-6-10(7-5-9)12-11(8-14)13(12,2)3/h4-7,11-12H,8,14H2,1-3H3/t11-,12-/m1/s1. The Morgan fingerprint density at radius 1 is 1.21 bits per heavy atom. The summed E-state index contributed by atoms with van der Waals surface area (Å²) < 4.78 is 0. The van der Waals surface area contributed by atoms with Crippen molar-refractivity contribution in [2.75, 3.05) is 6.54 Å². The van der Waals surface area contributed by atoms with Gasteiger partial charge in [-0.1, -0.05) is 43.7 Å². The normalized spacial score (nSPS) is 28.9. The zero-order valence-electron chi connectivity index (χ0n) is 9.25. The molecule has 0 aliphatic heterocycles. The molecule has 2 atom stereocenters. The highest BCUT2D eigenvalue weighted by molar-refractivity contribution is 5.33. The summed E-state index contributed by atoms with van der Waals surface area (Å²) in [6, 6.07) is 8.88. The minimum Gasteiger partial charge on any atom is -0.330 e. The Balaban J connectivity index is 2.22. The Hall–Kier alpha value is -0.820. The van der Waals surface area contributed by atoms with Gasteiger partial charge in [0.05, 0.1) is 0 Å². The van der Waals surface area contributed by atoms with Gasteiger partial charge in [0.25, 0.3) is 0 Å². The lowest BCUT2D eigenvalue weighted by Gasteiger charge is -2.03. The van der Waals surface area contributed by atoms with Crippen molar-refractivity contribution >= 4 is 0 Å². The van der Waals surface area contributed by atoms with Crippen LogP contribution in [0, 0.1) is 18.3 Å². The van der Waals surface area contributed by atoms with Gasteiger partial charge in [0, 0.05) is 0 Å². The van der Waals surface area contributed by atoms with E-state index in [2.05, 4.69) is 45.0 Å². The van der Waals surface area contributed by atoms with E-state index < -0.39 is 0 Å². The van der Waals surface area contributed by atoms with Crippen LogP contribution in [-0.4, -0.2) is 6.54 Å². The Morgan fingerprint density at radius 3 is 2.21 bits per heavy atom. The largest absolute Gasteiger partial charge is 0.330 e. The van der Waals surface area contributed by atoms with Gasteiger partial charge in [0.1, 0.15) is 0 Å². The molecule has 1 saturated carbocycles. The van der Waals surface area contributed by atoms with Crippen molar-refractivity contribution in [3.05, 3.63) is 35.4 Å². The Morgan fingerprint density at radius 2 is 1.79 bits per heavy atom. The number of rotatable bonds is 2. The van der Waals surface area contributed by atoms with Crippen LogP contribution in [0.5, 0.6) is 0 Å². The number of hydrogen-bond acceptors (Lipinski definition) is 1. The fourth-order valence-electron chi connectivity index (χ4n) is 2.62. The molecule has 0 amide bonds. The van der Waals surface area contributed by atoms with E-state index in [1.165, 1.54) is 11.1 Å². The van der Waals surface area contributed by atoms with Gasteiger partial charge in [-0.3, -0.25) is 0 Å². The van der Waals surface area contributed by atoms with Crippen molar-refractivity contribution in [2.45, 2.75) is 26.7 Å². The lowest BCUT2D eigenvalue weighted by molar-refractivity contribution is 0.558.